The summed E-state index contributed by atoms with van der Waals surface area (Å²) >= 11 is 1.52. The van der Waals surface area contributed by atoms with E-state index in [1.54, 1.807) is 0 Å². The SMILES string of the molecule is CCc1nsc(N2CCC[C@H](c3ccccn3)C2)n1. The van der Waals surface area contributed by atoms with Gasteiger partial charge in [-0.25, -0.2) is 4.98 Å². The molecule has 0 N–H and O–H groups in total. The van der Waals surface area contributed by atoms with Crippen LogP contribution in [0.5, 0.6) is 0 Å². The molecule has 1 fully saturated rings. The maximum absolute atomic E-state index is 4.59. The van der Waals surface area contributed by atoms with Gasteiger partial charge in [-0.05, 0) is 25.0 Å². The Kier molecular flexibility index (Phi) is 3.73. The Bertz CT molecular complexity index is 525. The highest BCUT2D eigenvalue weighted by atomic mass is 32.1. The lowest BCUT2D eigenvalue weighted by Gasteiger charge is -2.31. The Morgan fingerprint density at radius 3 is 3.11 bits per heavy atom. The molecule has 19 heavy (non-hydrogen) atoms. The lowest BCUT2D eigenvalue weighted by molar-refractivity contribution is 0.501. The highest BCUT2D eigenvalue weighted by molar-refractivity contribution is 7.09. The van der Waals surface area contributed by atoms with E-state index in [2.05, 4.69) is 38.3 Å². The van der Waals surface area contributed by atoms with Crippen LogP contribution in [0.25, 0.3) is 0 Å². The van der Waals surface area contributed by atoms with Crippen LogP contribution >= 0.6 is 11.5 Å². The molecule has 0 spiro atoms. The molecular formula is C14H18N4S. The van der Waals surface area contributed by atoms with Crippen molar-refractivity contribution in [3.8, 4) is 0 Å². The van der Waals surface area contributed by atoms with Gasteiger partial charge in [-0.3, -0.25) is 4.98 Å². The summed E-state index contributed by atoms with van der Waals surface area (Å²) in [6.07, 6.45) is 5.21. The van der Waals surface area contributed by atoms with E-state index >= 15 is 0 Å². The van der Waals surface area contributed by atoms with E-state index in [1.807, 2.05) is 12.3 Å². The summed E-state index contributed by atoms with van der Waals surface area (Å²) in [5, 5.41) is 1.07. The average molecular weight is 274 g/mol. The molecule has 0 aromatic carbocycles. The average Bonchev–Trinajstić information content (AvgIpc) is 2.97. The summed E-state index contributed by atoms with van der Waals surface area (Å²) in [5.74, 6) is 1.48. The molecular weight excluding hydrogens is 256 g/mol. The van der Waals surface area contributed by atoms with E-state index in [4.69, 9.17) is 0 Å². The van der Waals surface area contributed by atoms with Crippen molar-refractivity contribution in [2.24, 2.45) is 0 Å². The van der Waals surface area contributed by atoms with E-state index in [0.717, 1.165) is 30.5 Å². The van der Waals surface area contributed by atoms with Crippen molar-refractivity contribution < 1.29 is 0 Å². The molecule has 2 aromatic rings. The van der Waals surface area contributed by atoms with Gasteiger partial charge in [0.05, 0.1) is 0 Å². The Hall–Kier alpha value is -1.49. The van der Waals surface area contributed by atoms with Gasteiger partial charge in [0.25, 0.3) is 0 Å². The van der Waals surface area contributed by atoms with Gasteiger partial charge in [0, 0.05) is 48.9 Å². The van der Waals surface area contributed by atoms with E-state index in [-0.39, 0.29) is 0 Å². The third-order valence-electron chi connectivity index (χ3n) is 3.57. The fourth-order valence-electron chi connectivity index (χ4n) is 2.53. The van der Waals surface area contributed by atoms with Gasteiger partial charge >= 0.3 is 0 Å². The van der Waals surface area contributed by atoms with Crippen molar-refractivity contribution >= 4 is 16.7 Å². The Morgan fingerprint density at radius 2 is 2.37 bits per heavy atom. The molecule has 0 bridgehead atoms. The molecule has 0 aliphatic carbocycles. The molecule has 2 aromatic heterocycles. The Balaban J connectivity index is 1.74. The van der Waals surface area contributed by atoms with Crippen LogP contribution in [-0.4, -0.2) is 27.4 Å². The van der Waals surface area contributed by atoms with Gasteiger partial charge in [-0.15, -0.1) is 0 Å². The third kappa shape index (κ3) is 2.76. The number of piperidine rings is 1. The predicted octanol–water partition coefficient (Wildman–Crippen LogP) is 2.88. The van der Waals surface area contributed by atoms with Gasteiger partial charge in [-0.2, -0.15) is 4.37 Å². The maximum atomic E-state index is 4.59. The summed E-state index contributed by atoms with van der Waals surface area (Å²) in [7, 11) is 0. The number of aromatic nitrogens is 3. The van der Waals surface area contributed by atoms with Crippen molar-refractivity contribution in [3.63, 3.8) is 0 Å². The van der Waals surface area contributed by atoms with Crippen molar-refractivity contribution in [1.82, 2.24) is 14.3 Å². The van der Waals surface area contributed by atoms with Gasteiger partial charge in [0.15, 0.2) is 0 Å². The fraction of sp³-hybridized carbons (Fsp3) is 0.500. The van der Waals surface area contributed by atoms with Crippen LogP contribution in [0.4, 0.5) is 5.13 Å². The maximum Gasteiger partial charge on any atom is 0.205 e. The summed E-state index contributed by atoms with van der Waals surface area (Å²) in [4.78, 5) is 11.4. The molecule has 100 valence electrons. The molecule has 1 atom stereocenters. The van der Waals surface area contributed by atoms with Crippen LogP contribution < -0.4 is 4.90 Å². The molecule has 0 radical (unpaired) electrons. The first kappa shape index (κ1) is 12.5. The first-order valence-electron chi connectivity index (χ1n) is 6.85. The zero-order valence-electron chi connectivity index (χ0n) is 11.1. The number of pyridine rings is 1. The summed E-state index contributed by atoms with van der Waals surface area (Å²) in [6.45, 7) is 4.19. The number of aryl methyl sites for hydroxylation is 1. The summed E-state index contributed by atoms with van der Waals surface area (Å²) in [6, 6.07) is 6.18. The first-order valence-corrected chi connectivity index (χ1v) is 7.62. The van der Waals surface area contributed by atoms with Gasteiger partial charge in [0.1, 0.15) is 5.82 Å². The second-order valence-corrected chi connectivity index (χ2v) is 5.62. The molecule has 3 heterocycles. The van der Waals surface area contributed by atoms with Crippen molar-refractivity contribution in [2.45, 2.75) is 32.1 Å². The van der Waals surface area contributed by atoms with E-state index in [1.165, 1.54) is 30.1 Å². The fourth-order valence-corrected chi connectivity index (χ4v) is 3.31. The van der Waals surface area contributed by atoms with Crippen molar-refractivity contribution in [2.75, 3.05) is 18.0 Å². The number of nitrogens with zero attached hydrogens (tertiary/aromatic N) is 4. The third-order valence-corrected chi connectivity index (χ3v) is 4.39. The molecule has 1 aliphatic heterocycles. The largest absolute Gasteiger partial charge is 0.346 e. The van der Waals surface area contributed by atoms with Crippen LogP contribution in [0.2, 0.25) is 0 Å². The lowest BCUT2D eigenvalue weighted by atomic mass is 9.94. The Labute approximate surface area is 117 Å². The highest BCUT2D eigenvalue weighted by Gasteiger charge is 2.24. The minimum absolute atomic E-state index is 0.518. The van der Waals surface area contributed by atoms with Gasteiger partial charge in [0.2, 0.25) is 5.13 Å². The lowest BCUT2D eigenvalue weighted by Crippen LogP contribution is -2.34. The zero-order valence-corrected chi connectivity index (χ0v) is 11.9. The standard InChI is InChI=1S/C14H18N4S/c1-2-13-16-14(19-17-13)18-9-5-6-11(10-18)12-7-3-4-8-15-12/h3-4,7-8,11H,2,5-6,9-10H2,1H3/t11-/m0/s1. The molecule has 0 amide bonds. The molecule has 3 rings (SSSR count). The first-order chi connectivity index (χ1) is 9.36. The van der Waals surface area contributed by atoms with Crippen LogP contribution in [0.1, 0.15) is 37.2 Å². The number of hydrogen-bond donors (Lipinski definition) is 0. The minimum atomic E-state index is 0.518. The predicted molar refractivity (Wildman–Crippen MR) is 77.7 cm³/mol. The van der Waals surface area contributed by atoms with Gasteiger partial charge < -0.3 is 4.90 Å². The van der Waals surface area contributed by atoms with E-state index in [0.29, 0.717) is 5.92 Å². The minimum Gasteiger partial charge on any atom is -0.346 e. The Morgan fingerprint density at radius 1 is 1.42 bits per heavy atom. The zero-order chi connectivity index (χ0) is 13.1. The number of rotatable bonds is 3. The quantitative estimate of drug-likeness (QED) is 0.863. The monoisotopic (exact) mass is 274 g/mol. The van der Waals surface area contributed by atoms with E-state index in [9.17, 15) is 0 Å². The van der Waals surface area contributed by atoms with Crippen LogP contribution in [0.3, 0.4) is 0 Å². The molecule has 1 aliphatic rings. The molecule has 1 saturated heterocycles. The molecule has 0 saturated carbocycles. The van der Waals surface area contributed by atoms with Crippen molar-refractivity contribution in [3.05, 3.63) is 35.9 Å². The topological polar surface area (TPSA) is 41.9 Å². The van der Waals surface area contributed by atoms with Crippen LogP contribution in [-0.2, 0) is 6.42 Å². The summed E-state index contributed by atoms with van der Waals surface area (Å²) in [5.41, 5.74) is 1.20. The van der Waals surface area contributed by atoms with E-state index < -0.39 is 0 Å². The molecule has 4 nitrogen and oxygen atoms in total. The normalized spacial score (nSPS) is 19.6. The smallest absolute Gasteiger partial charge is 0.205 e. The second kappa shape index (κ2) is 5.65. The van der Waals surface area contributed by atoms with Crippen LogP contribution in [0, 0.1) is 0 Å². The van der Waals surface area contributed by atoms with Crippen LogP contribution in [0.15, 0.2) is 24.4 Å². The van der Waals surface area contributed by atoms with Gasteiger partial charge in [-0.1, -0.05) is 13.0 Å². The molecule has 5 heteroatoms. The number of anilines is 1. The second-order valence-electron chi connectivity index (χ2n) is 4.89. The number of hydrogen-bond acceptors (Lipinski definition) is 5. The van der Waals surface area contributed by atoms with Crippen molar-refractivity contribution in [1.29, 1.82) is 0 Å². The highest BCUT2D eigenvalue weighted by Crippen LogP contribution is 2.29. The summed E-state index contributed by atoms with van der Waals surface area (Å²) < 4.78 is 4.38. The molecule has 0 unspecified atom stereocenters.